The summed E-state index contributed by atoms with van der Waals surface area (Å²) in [5.41, 5.74) is 5.83. The van der Waals surface area contributed by atoms with Crippen molar-refractivity contribution >= 4 is 17.3 Å². The van der Waals surface area contributed by atoms with Crippen LogP contribution in [0.2, 0.25) is 0 Å². The Kier molecular flexibility index (Phi) is 11.0. The van der Waals surface area contributed by atoms with E-state index < -0.39 is 0 Å². The molecule has 8 heteroatoms. The molecule has 2 aromatic carbocycles. The van der Waals surface area contributed by atoms with E-state index in [-0.39, 0.29) is 12.0 Å². The molecule has 0 radical (unpaired) electrons. The first-order valence-electron chi connectivity index (χ1n) is 13.8. The highest BCUT2D eigenvalue weighted by Gasteiger charge is 2.20. The van der Waals surface area contributed by atoms with E-state index in [1.807, 2.05) is 61.5 Å². The van der Waals surface area contributed by atoms with E-state index in [0.717, 1.165) is 29.8 Å². The molecule has 1 amide bonds. The summed E-state index contributed by atoms with van der Waals surface area (Å²) in [6.45, 7) is 7.62. The number of allylic oxidation sites excluding steroid dienone is 3. The summed E-state index contributed by atoms with van der Waals surface area (Å²) in [5.74, 6) is 0.399. The normalized spacial score (nSPS) is 13.4. The highest BCUT2D eigenvalue weighted by atomic mass is 16.5. The maximum absolute atomic E-state index is 12.5. The molecular formula is C34H34N6O2. The van der Waals surface area contributed by atoms with Crippen molar-refractivity contribution in [2.24, 2.45) is 0 Å². The van der Waals surface area contributed by atoms with Gasteiger partial charge in [-0.15, -0.1) is 0 Å². The third-order valence-electron chi connectivity index (χ3n) is 6.42. The van der Waals surface area contributed by atoms with Crippen molar-refractivity contribution in [3.05, 3.63) is 127 Å². The molecule has 1 aliphatic rings. The van der Waals surface area contributed by atoms with Crippen LogP contribution in [0.15, 0.2) is 110 Å². The zero-order valence-electron chi connectivity index (χ0n) is 23.6. The van der Waals surface area contributed by atoms with Crippen LogP contribution in [-0.2, 0) is 6.42 Å². The van der Waals surface area contributed by atoms with Gasteiger partial charge in [-0.05, 0) is 73.5 Å². The highest BCUT2D eigenvalue weighted by Crippen LogP contribution is 2.31. The molecule has 0 spiro atoms. The van der Waals surface area contributed by atoms with Gasteiger partial charge in [-0.25, -0.2) is 4.98 Å². The summed E-state index contributed by atoms with van der Waals surface area (Å²) in [4.78, 5) is 21.0. The molecule has 0 fully saturated rings. The number of carbonyl (C=O) groups excluding carboxylic acids is 1. The fraction of sp³-hybridized carbons (Fsp3) is 0.176. The molecule has 1 atom stereocenters. The molecule has 2 aromatic heterocycles. The van der Waals surface area contributed by atoms with Crippen LogP contribution in [0, 0.1) is 11.3 Å². The number of ether oxygens (including phenoxy) is 1. The second kappa shape index (κ2) is 15.5. The number of nitriles is 1. The largest absolute Gasteiger partial charge is 0.470 e. The topological polar surface area (TPSA) is 112 Å². The standard InChI is InChI=1S/C29H26N6O2.C5H8/c30-15-21-5-3-20(4-6-21)11-13-32-18-26-19-33-27-14-24(16-34-29(27)37-26)22-7-9-23(10-8-22)28(36)35-25-2-1-12-31-17-25;1-3-5-4-2/h1-10,12,14,16-17,26,32-33H,11,13,18-19H2,(H,35,36);3-5H,1H2,2H3/b;5-4-. The van der Waals surface area contributed by atoms with Crippen molar-refractivity contribution in [1.82, 2.24) is 15.3 Å². The Hall–Kier alpha value is -5.26. The first-order chi connectivity index (χ1) is 20.6. The number of nitrogens with one attached hydrogen (secondary N) is 3. The molecule has 8 nitrogen and oxygen atoms in total. The minimum absolute atomic E-state index is 0.0237. The molecule has 0 bridgehead atoms. The SMILES string of the molecule is C=C/C=C\C.N#Cc1ccc(CCNCC2CNc3cc(-c4ccc(C(=O)Nc5cccnc5)cc4)cnc3O2)cc1. The van der Waals surface area contributed by atoms with Gasteiger partial charge in [0.05, 0.1) is 35.7 Å². The number of amides is 1. The lowest BCUT2D eigenvalue weighted by Crippen LogP contribution is -2.40. The van der Waals surface area contributed by atoms with Crippen LogP contribution >= 0.6 is 0 Å². The Morgan fingerprint density at radius 3 is 2.62 bits per heavy atom. The number of benzene rings is 2. The van der Waals surface area contributed by atoms with E-state index in [4.69, 9.17) is 10.00 Å². The third-order valence-corrected chi connectivity index (χ3v) is 6.42. The summed E-state index contributed by atoms with van der Waals surface area (Å²) in [7, 11) is 0. The first-order valence-corrected chi connectivity index (χ1v) is 13.8. The number of anilines is 2. The number of carbonyl (C=O) groups is 1. The number of hydrogen-bond acceptors (Lipinski definition) is 7. The van der Waals surface area contributed by atoms with E-state index in [1.54, 1.807) is 48.9 Å². The number of hydrogen-bond donors (Lipinski definition) is 3. The van der Waals surface area contributed by atoms with Gasteiger partial charge in [0.25, 0.3) is 5.91 Å². The summed E-state index contributed by atoms with van der Waals surface area (Å²) in [6.07, 6.45) is 11.5. The van der Waals surface area contributed by atoms with Gasteiger partial charge >= 0.3 is 0 Å². The Labute approximate surface area is 246 Å². The van der Waals surface area contributed by atoms with Gasteiger partial charge in [0.2, 0.25) is 5.88 Å². The maximum Gasteiger partial charge on any atom is 0.255 e. The van der Waals surface area contributed by atoms with Crippen LogP contribution in [0.3, 0.4) is 0 Å². The van der Waals surface area contributed by atoms with Gasteiger partial charge in [-0.3, -0.25) is 9.78 Å². The summed E-state index contributed by atoms with van der Waals surface area (Å²) in [5, 5.41) is 18.6. The summed E-state index contributed by atoms with van der Waals surface area (Å²) < 4.78 is 6.08. The van der Waals surface area contributed by atoms with E-state index in [1.165, 1.54) is 5.56 Å². The average Bonchev–Trinajstić information content (AvgIpc) is 3.04. The summed E-state index contributed by atoms with van der Waals surface area (Å²) >= 11 is 0. The van der Waals surface area contributed by atoms with Crippen LogP contribution < -0.4 is 20.7 Å². The van der Waals surface area contributed by atoms with E-state index in [9.17, 15) is 4.79 Å². The monoisotopic (exact) mass is 558 g/mol. The highest BCUT2D eigenvalue weighted by molar-refractivity contribution is 6.04. The molecular weight excluding hydrogens is 524 g/mol. The number of pyridine rings is 2. The quantitative estimate of drug-likeness (QED) is 0.170. The second-order valence-corrected chi connectivity index (χ2v) is 9.49. The number of nitrogens with zero attached hydrogens (tertiary/aromatic N) is 3. The van der Waals surface area contributed by atoms with E-state index >= 15 is 0 Å². The molecule has 5 rings (SSSR count). The van der Waals surface area contributed by atoms with Gasteiger partial charge < -0.3 is 20.7 Å². The third kappa shape index (κ3) is 8.62. The maximum atomic E-state index is 12.5. The van der Waals surface area contributed by atoms with E-state index in [2.05, 4.69) is 38.6 Å². The summed E-state index contributed by atoms with van der Waals surface area (Å²) in [6, 6.07) is 22.8. The van der Waals surface area contributed by atoms with Crippen molar-refractivity contribution in [3.63, 3.8) is 0 Å². The Morgan fingerprint density at radius 1 is 1.14 bits per heavy atom. The van der Waals surface area contributed by atoms with Crippen LogP contribution in [0.1, 0.15) is 28.4 Å². The molecule has 0 aliphatic carbocycles. The second-order valence-electron chi connectivity index (χ2n) is 9.49. The minimum Gasteiger partial charge on any atom is -0.470 e. The Bertz CT molecular complexity index is 1530. The van der Waals surface area contributed by atoms with Gasteiger partial charge in [0.1, 0.15) is 6.10 Å². The van der Waals surface area contributed by atoms with Gasteiger partial charge in [0.15, 0.2) is 0 Å². The predicted octanol–water partition coefficient (Wildman–Crippen LogP) is 6.02. The number of fused-ring (bicyclic) bond motifs is 1. The molecule has 212 valence electrons. The molecule has 42 heavy (non-hydrogen) atoms. The molecule has 3 N–H and O–H groups in total. The van der Waals surface area contributed by atoms with E-state index in [0.29, 0.717) is 35.8 Å². The van der Waals surface area contributed by atoms with Crippen molar-refractivity contribution in [1.29, 1.82) is 5.26 Å². The lowest BCUT2D eigenvalue weighted by molar-refractivity contribution is 0.102. The Balaban J connectivity index is 0.000000748. The van der Waals surface area contributed by atoms with Crippen molar-refractivity contribution in [3.8, 4) is 23.1 Å². The van der Waals surface area contributed by atoms with Crippen molar-refractivity contribution in [2.75, 3.05) is 30.3 Å². The molecule has 0 saturated heterocycles. The lowest BCUT2D eigenvalue weighted by atomic mass is 10.0. The van der Waals surface area contributed by atoms with Crippen LogP contribution in [0.25, 0.3) is 11.1 Å². The molecule has 1 unspecified atom stereocenters. The minimum atomic E-state index is -0.185. The van der Waals surface area contributed by atoms with Crippen LogP contribution in [0.5, 0.6) is 5.88 Å². The fourth-order valence-corrected chi connectivity index (χ4v) is 4.20. The van der Waals surface area contributed by atoms with Crippen molar-refractivity contribution < 1.29 is 9.53 Å². The number of aromatic nitrogens is 2. The van der Waals surface area contributed by atoms with Gasteiger partial charge in [-0.1, -0.05) is 49.1 Å². The van der Waals surface area contributed by atoms with Gasteiger partial charge in [0, 0.05) is 30.1 Å². The van der Waals surface area contributed by atoms with Crippen LogP contribution in [-0.4, -0.2) is 41.6 Å². The average molecular weight is 559 g/mol. The molecule has 3 heterocycles. The van der Waals surface area contributed by atoms with Gasteiger partial charge in [-0.2, -0.15) is 5.26 Å². The smallest absolute Gasteiger partial charge is 0.255 e. The Morgan fingerprint density at radius 2 is 1.95 bits per heavy atom. The molecule has 4 aromatic rings. The first kappa shape index (κ1) is 29.7. The zero-order valence-corrected chi connectivity index (χ0v) is 23.6. The molecule has 1 aliphatic heterocycles. The zero-order chi connectivity index (χ0) is 29.6. The number of rotatable bonds is 9. The van der Waals surface area contributed by atoms with Crippen LogP contribution in [0.4, 0.5) is 11.4 Å². The molecule has 0 saturated carbocycles. The fourth-order valence-electron chi connectivity index (χ4n) is 4.20. The lowest BCUT2D eigenvalue weighted by Gasteiger charge is -2.27. The predicted molar refractivity (Wildman–Crippen MR) is 168 cm³/mol. The van der Waals surface area contributed by atoms with Crippen molar-refractivity contribution in [2.45, 2.75) is 19.4 Å².